The lowest BCUT2D eigenvalue weighted by molar-refractivity contribution is 0.579. The first kappa shape index (κ1) is 13.4. The Balaban J connectivity index is 0.00000128. The van der Waals surface area contributed by atoms with Crippen LogP contribution in [0.15, 0.2) is 23.4 Å². The Labute approximate surface area is 102 Å². The van der Waals surface area contributed by atoms with Crippen molar-refractivity contribution in [3.8, 4) is 0 Å². The van der Waals surface area contributed by atoms with E-state index in [0.717, 1.165) is 12.1 Å². The molecule has 0 amide bonds. The average molecular weight is 263 g/mol. The summed E-state index contributed by atoms with van der Waals surface area (Å²) in [5.74, 6) is 0. The normalized spacial score (nSPS) is 20.4. The SMILES string of the molecule is Cc1ccc(S(=O)(=O)C2CCNC2)nc1.Cl. The molecule has 4 nitrogen and oxygen atoms in total. The first-order valence-corrected chi connectivity index (χ1v) is 6.52. The maximum absolute atomic E-state index is 12.0. The molecule has 1 aliphatic rings. The fraction of sp³-hybridized carbons (Fsp3) is 0.500. The van der Waals surface area contributed by atoms with Gasteiger partial charge in [0.05, 0.1) is 5.25 Å². The van der Waals surface area contributed by atoms with Gasteiger partial charge in [0.2, 0.25) is 0 Å². The van der Waals surface area contributed by atoms with E-state index in [-0.39, 0.29) is 22.7 Å². The number of halogens is 1. The quantitative estimate of drug-likeness (QED) is 0.862. The Kier molecular flexibility index (Phi) is 4.29. The van der Waals surface area contributed by atoms with Gasteiger partial charge in [0.1, 0.15) is 0 Å². The molecule has 16 heavy (non-hydrogen) atoms. The molecule has 1 fully saturated rings. The summed E-state index contributed by atoms with van der Waals surface area (Å²) < 4.78 is 24.1. The van der Waals surface area contributed by atoms with Crippen LogP contribution in [0.4, 0.5) is 0 Å². The third-order valence-corrected chi connectivity index (χ3v) is 4.73. The monoisotopic (exact) mass is 262 g/mol. The highest BCUT2D eigenvalue weighted by atomic mass is 35.5. The fourth-order valence-corrected chi connectivity index (χ4v) is 3.25. The minimum absolute atomic E-state index is 0. The van der Waals surface area contributed by atoms with Gasteiger partial charge in [-0.25, -0.2) is 13.4 Å². The van der Waals surface area contributed by atoms with Gasteiger partial charge in [-0.3, -0.25) is 0 Å². The van der Waals surface area contributed by atoms with Gasteiger partial charge in [-0.05, 0) is 31.5 Å². The first-order valence-electron chi connectivity index (χ1n) is 4.98. The molecule has 1 saturated heterocycles. The zero-order valence-electron chi connectivity index (χ0n) is 9.01. The number of nitrogens with one attached hydrogen (secondary N) is 1. The number of aromatic nitrogens is 1. The summed E-state index contributed by atoms with van der Waals surface area (Å²) in [6.45, 7) is 3.20. The molecule has 0 radical (unpaired) electrons. The molecule has 1 aromatic heterocycles. The molecule has 0 aliphatic carbocycles. The molecule has 0 saturated carbocycles. The summed E-state index contributed by atoms with van der Waals surface area (Å²) in [6.07, 6.45) is 2.27. The van der Waals surface area contributed by atoms with Crippen molar-refractivity contribution in [1.29, 1.82) is 0 Å². The largest absolute Gasteiger partial charge is 0.315 e. The van der Waals surface area contributed by atoms with Gasteiger partial charge < -0.3 is 5.32 Å². The lowest BCUT2D eigenvalue weighted by Crippen LogP contribution is -2.24. The summed E-state index contributed by atoms with van der Waals surface area (Å²) in [5.41, 5.74) is 0.971. The van der Waals surface area contributed by atoms with Gasteiger partial charge in [0, 0.05) is 12.7 Å². The number of hydrogen-bond donors (Lipinski definition) is 1. The Morgan fingerprint density at radius 3 is 2.69 bits per heavy atom. The summed E-state index contributed by atoms with van der Waals surface area (Å²) in [4.78, 5) is 3.98. The van der Waals surface area contributed by atoms with E-state index in [4.69, 9.17) is 0 Å². The summed E-state index contributed by atoms with van der Waals surface area (Å²) >= 11 is 0. The van der Waals surface area contributed by atoms with E-state index in [1.54, 1.807) is 18.3 Å². The van der Waals surface area contributed by atoms with Crippen LogP contribution in [0.1, 0.15) is 12.0 Å². The van der Waals surface area contributed by atoms with E-state index in [2.05, 4.69) is 10.3 Å². The van der Waals surface area contributed by atoms with Crippen molar-refractivity contribution in [1.82, 2.24) is 10.3 Å². The molecule has 6 heteroatoms. The van der Waals surface area contributed by atoms with E-state index >= 15 is 0 Å². The van der Waals surface area contributed by atoms with Crippen LogP contribution in [0, 0.1) is 6.92 Å². The van der Waals surface area contributed by atoms with Crippen molar-refractivity contribution in [2.75, 3.05) is 13.1 Å². The number of aryl methyl sites for hydroxylation is 1. The molecule has 0 aromatic carbocycles. The van der Waals surface area contributed by atoms with E-state index < -0.39 is 9.84 Å². The second kappa shape index (κ2) is 5.12. The third-order valence-electron chi connectivity index (χ3n) is 2.63. The van der Waals surface area contributed by atoms with Gasteiger partial charge in [-0.2, -0.15) is 0 Å². The first-order chi connectivity index (χ1) is 7.10. The molecule has 0 bridgehead atoms. The summed E-state index contributed by atoms with van der Waals surface area (Å²) in [6, 6.07) is 3.37. The van der Waals surface area contributed by atoms with E-state index in [1.165, 1.54) is 0 Å². The van der Waals surface area contributed by atoms with Crippen LogP contribution in [0.3, 0.4) is 0 Å². The van der Waals surface area contributed by atoms with Crippen molar-refractivity contribution < 1.29 is 8.42 Å². The van der Waals surface area contributed by atoms with Gasteiger partial charge in [0.25, 0.3) is 0 Å². The fourth-order valence-electron chi connectivity index (χ4n) is 1.69. The topological polar surface area (TPSA) is 59.1 Å². The lowest BCUT2D eigenvalue weighted by Gasteiger charge is -2.09. The molecule has 0 spiro atoms. The number of rotatable bonds is 2. The molecular formula is C10H15ClN2O2S. The molecule has 2 rings (SSSR count). The minimum atomic E-state index is -3.23. The van der Waals surface area contributed by atoms with Crippen molar-refractivity contribution >= 4 is 22.2 Å². The minimum Gasteiger partial charge on any atom is -0.315 e. The Hall–Kier alpha value is -0.650. The second-order valence-electron chi connectivity index (χ2n) is 3.83. The van der Waals surface area contributed by atoms with Crippen LogP contribution >= 0.6 is 12.4 Å². The van der Waals surface area contributed by atoms with Gasteiger partial charge in [-0.1, -0.05) is 6.07 Å². The molecule has 1 aliphatic heterocycles. The van der Waals surface area contributed by atoms with Crippen LogP contribution in [-0.4, -0.2) is 31.7 Å². The highest BCUT2D eigenvalue weighted by Crippen LogP contribution is 2.18. The molecule has 90 valence electrons. The van der Waals surface area contributed by atoms with Crippen LogP contribution in [0.25, 0.3) is 0 Å². The smallest absolute Gasteiger partial charge is 0.199 e. The van der Waals surface area contributed by atoms with Gasteiger partial charge in [0.15, 0.2) is 14.9 Å². The van der Waals surface area contributed by atoms with Crippen molar-refractivity contribution in [3.63, 3.8) is 0 Å². The highest BCUT2D eigenvalue weighted by molar-refractivity contribution is 7.92. The lowest BCUT2D eigenvalue weighted by atomic mass is 10.3. The zero-order valence-corrected chi connectivity index (χ0v) is 10.6. The number of pyridine rings is 1. The summed E-state index contributed by atoms with van der Waals surface area (Å²) in [7, 11) is -3.23. The van der Waals surface area contributed by atoms with Crippen LogP contribution in [-0.2, 0) is 9.84 Å². The predicted molar refractivity (Wildman–Crippen MR) is 64.7 cm³/mol. The number of hydrogen-bond acceptors (Lipinski definition) is 4. The highest BCUT2D eigenvalue weighted by Gasteiger charge is 2.30. The molecule has 1 unspecified atom stereocenters. The maximum atomic E-state index is 12.0. The van der Waals surface area contributed by atoms with Crippen LogP contribution < -0.4 is 5.32 Å². The predicted octanol–water partition coefficient (Wildman–Crippen LogP) is 0.947. The van der Waals surface area contributed by atoms with Crippen molar-refractivity contribution in [2.24, 2.45) is 0 Å². The van der Waals surface area contributed by atoms with E-state index in [0.29, 0.717) is 13.0 Å². The maximum Gasteiger partial charge on any atom is 0.199 e. The Morgan fingerprint density at radius 1 is 1.44 bits per heavy atom. The standard InChI is InChI=1S/C10H14N2O2S.ClH/c1-8-2-3-10(12-6-8)15(13,14)9-4-5-11-7-9;/h2-3,6,9,11H,4-5,7H2,1H3;1H. The van der Waals surface area contributed by atoms with E-state index in [1.807, 2.05) is 6.92 Å². The number of nitrogens with zero attached hydrogens (tertiary/aromatic N) is 1. The second-order valence-corrected chi connectivity index (χ2v) is 6.01. The molecule has 1 atom stereocenters. The van der Waals surface area contributed by atoms with Crippen molar-refractivity contribution in [2.45, 2.75) is 23.6 Å². The third kappa shape index (κ3) is 2.53. The molecule has 1 aromatic rings. The average Bonchev–Trinajstić information content (AvgIpc) is 2.71. The molecule has 1 N–H and O–H groups in total. The molecular weight excluding hydrogens is 248 g/mol. The van der Waals surface area contributed by atoms with Crippen LogP contribution in [0.5, 0.6) is 0 Å². The molecule has 2 heterocycles. The summed E-state index contributed by atoms with van der Waals surface area (Å²) in [5, 5.41) is 2.94. The Bertz CT molecular complexity index is 438. The zero-order chi connectivity index (χ0) is 10.9. The number of sulfone groups is 1. The van der Waals surface area contributed by atoms with Gasteiger partial charge in [-0.15, -0.1) is 12.4 Å². The Morgan fingerprint density at radius 2 is 2.19 bits per heavy atom. The van der Waals surface area contributed by atoms with E-state index in [9.17, 15) is 8.42 Å². The van der Waals surface area contributed by atoms with Crippen molar-refractivity contribution in [3.05, 3.63) is 23.9 Å². The van der Waals surface area contributed by atoms with Gasteiger partial charge >= 0.3 is 0 Å². The van der Waals surface area contributed by atoms with Crippen LogP contribution in [0.2, 0.25) is 0 Å².